The van der Waals surface area contributed by atoms with E-state index >= 15 is 0 Å². The van der Waals surface area contributed by atoms with Gasteiger partial charge in [-0.3, -0.25) is 10.1 Å². The van der Waals surface area contributed by atoms with E-state index in [1.54, 1.807) is 13.0 Å². The lowest BCUT2D eigenvalue weighted by atomic mass is 10.1. The minimum atomic E-state index is -0.346. The number of piperidine rings is 1. The maximum Gasteiger partial charge on any atom is 0.272 e. The molecular formula is C13H18N2O3. The summed E-state index contributed by atoms with van der Waals surface area (Å²) in [6.45, 7) is 4.14. The molecular weight excluding hydrogens is 232 g/mol. The van der Waals surface area contributed by atoms with Crippen LogP contribution in [0, 0.1) is 17.0 Å². The van der Waals surface area contributed by atoms with Gasteiger partial charge >= 0.3 is 0 Å². The number of hydrogen-bond donors (Lipinski definition) is 1. The number of nitrogens with zero attached hydrogens (tertiary/aromatic N) is 1. The second-order valence-electron chi connectivity index (χ2n) is 4.60. The largest absolute Gasteiger partial charge is 0.372 e. The van der Waals surface area contributed by atoms with E-state index in [0.717, 1.165) is 31.5 Å². The van der Waals surface area contributed by atoms with Crippen LogP contribution in [0.2, 0.25) is 0 Å². The van der Waals surface area contributed by atoms with Crippen molar-refractivity contribution in [3.8, 4) is 0 Å². The number of nitrogens with one attached hydrogen (secondary N) is 1. The van der Waals surface area contributed by atoms with Crippen molar-refractivity contribution < 1.29 is 9.66 Å². The molecule has 0 unspecified atom stereocenters. The number of benzene rings is 1. The van der Waals surface area contributed by atoms with E-state index in [1.807, 2.05) is 6.07 Å². The molecule has 18 heavy (non-hydrogen) atoms. The summed E-state index contributed by atoms with van der Waals surface area (Å²) in [4.78, 5) is 10.5. The van der Waals surface area contributed by atoms with Crippen LogP contribution in [0.3, 0.4) is 0 Å². The quantitative estimate of drug-likeness (QED) is 0.657. The Kier molecular flexibility index (Phi) is 4.28. The Bertz CT molecular complexity index is 428. The van der Waals surface area contributed by atoms with Crippen LogP contribution in [0.15, 0.2) is 18.2 Å². The predicted octanol–water partition coefficient (Wildman–Crippen LogP) is 2.17. The lowest BCUT2D eigenvalue weighted by molar-refractivity contribution is -0.385. The lowest BCUT2D eigenvalue weighted by Crippen LogP contribution is -2.35. The zero-order chi connectivity index (χ0) is 13.0. The first-order valence-electron chi connectivity index (χ1n) is 6.23. The Labute approximate surface area is 106 Å². The van der Waals surface area contributed by atoms with Crippen LogP contribution in [0.25, 0.3) is 0 Å². The van der Waals surface area contributed by atoms with Crippen molar-refractivity contribution >= 4 is 5.69 Å². The fourth-order valence-corrected chi connectivity index (χ4v) is 2.19. The maximum atomic E-state index is 10.8. The van der Waals surface area contributed by atoms with Crippen molar-refractivity contribution in [2.45, 2.75) is 32.5 Å². The van der Waals surface area contributed by atoms with Gasteiger partial charge in [-0.15, -0.1) is 0 Å². The average Bonchev–Trinajstić information content (AvgIpc) is 2.38. The summed E-state index contributed by atoms with van der Waals surface area (Å²) in [7, 11) is 0. The van der Waals surface area contributed by atoms with Gasteiger partial charge in [0.1, 0.15) is 0 Å². The number of ether oxygens (including phenoxy) is 1. The molecule has 5 heteroatoms. The van der Waals surface area contributed by atoms with E-state index in [1.165, 1.54) is 6.07 Å². The summed E-state index contributed by atoms with van der Waals surface area (Å²) in [6, 6.07) is 5.13. The van der Waals surface area contributed by atoms with Gasteiger partial charge in [-0.05, 0) is 31.9 Å². The molecule has 1 N–H and O–H groups in total. The Balaban J connectivity index is 2.00. The van der Waals surface area contributed by atoms with E-state index in [2.05, 4.69) is 5.32 Å². The zero-order valence-electron chi connectivity index (χ0n) is 10.5. The smallest absolute Gasteiger partial charge is 0.272 e. The summed E-state index contributed by atoms with van der Waals surface area (Å²) >= 11 is 0. The number of hydrogen-bond acceptors (Lipinski definition) is 4. The summed E-state index contributed by atoms with van der Waals surface area (Å²) < 4.78 is 5.80. The third-order valence-corrected chi connectivity index (χ3v) is 3.34. The Morgan fingerprint density at radius 3 is 3.06 bits per heavy atom. The molecule has 1 fully saturated rings. The molecule has 0 spiro atoms. The number of rotatable bonds is 4. The minimum Gasteiger partial charge on any atom is -0.372 e. The fraction of sp³-hybridized carbons (Fsp3) is 0.538. The predicted molar refractivity (Wildman–Crippen MR) is 68.5 cm³/mol. The highest BCUT2D eigenvalue weighted by Crippen LogP contribution is 2.22. The summed E-state index contributed by atoms with van der Waals surface area (Å²) in [5, 5.41) is 14.1. The zero-order valence-corrected chi connectivity index (χ0v) is 10.5. The van der Waals surface area contributed by atoms with Crippen molar-refractivity contribution in [2.24, 2.45) is 0 Å². The first-order chi connectivity index (χ1) is 8.68. The molecule has 0 saturated carbocycles. The summed E-state index contributed by atoms with van der Waals surface area (Å²) in [5.74, 6) is 0. The minimum absolute atomic E-state index is 0.165. The van der Waals surface area contributed by atoms with Crippen LogP contribution in [-0.4, -0.2) is 24.1 Å². The molecule has 1 aliphatic heterocycles. The van der Waals surface area contributed by atoms with Crippen LogP contribution >= 0.6 is 0 Å². The molecule has 1 aliphatic rings. The van der Waals surface area contributed by atoms with Crippen molar-refractivity contribution in [1.29, 1.82) is 0 Å². The Morgan fingerprint density at radius 2 is 2.39 bits per heavy atom. The molecule has 0 bridgehead atoms. The fourth-order valence-electron chi connectivity index (χ4n) is 2.19. The number of nitro benzene ring substituents is 1. The molecule has 1 aromatic carbocycles. The molecule has 0 amide bonds. The van der Waals surface area contributed by atoms with Crippen LogP contribution < -0.4 is 5.32 Å². The first kappa shape index (κ1) is 13.0. The van der Waals surface area contributed by atoms with Crippen molar-refractivity contribution in [3.63, 3.8) is 0 Å². The van der Waals surface area contributed by atoms with Crippen LogP contribution in [0.5, 0.6) is 0 Å². The van der Waals surface area contributed by atoms with Crippen LogP contribution in [-0.2, 0) is 11.3 Å². The molecule has 1 heterocycles. The van der Waals surface area contributed by atoms with Gasteiger partial charge in [0, 0.05) is 18.2 Å². The van der Waals surface area contributed by atoms with E-state index < -0.39 is 0 Å². The highest BCUT2D eigenvalue weighted by atomic mass is 16.6. The molecule has 0 aromatic heterocycles. The van der Waals surface area contributed by atoms with Gasteiger partial charge in [0.15, 0.2) is 0 Å². The molecule has 0 aliphatic carbocycles. The van der Waals surface area contributed by atoms with Gasteiger partial charge < -0.3 is 10.1 Å². The highest BCUT2D eigenvalue weighted by Gasteiger charge is 2.16. The molecule has 0 radical (unpaired) electrons. The second-order valence-corrected chi connectivity index (χ2v) is 4.60. The van der Waals surface area contributed by atoms with Gasteiger partial charge in [-0.1, -0.05) is 12.1 Å². The molecule has 2 rings (SSSR count). The van der Waals surface area contributed by atoms with E-state index in [0.29, 0.717) is 12.2 Å². The summed E-state index contributed by atoms with van der Waals surface area (Å²) in [6.07, 6.45) is 2.40. The molecule has 1 atom stereocenters. The van der Waals surface area contributed by atoms with Gasteiger partial charge in [-0.25, -0.2) is 0 Å². The topological polar surface area (TPSA) is 64.4 Å². The Morgan fingerprint density at radius 1 is 1.56 bits per heavy atom. The SMILES string of the molecule is Cc1c(CO[C@H]2CCCNC2)cccc1[N+](=O)[O-]. The second kappa shape index (κ2) is 5.93. The van der Waals surface area contributed by atoms with Gasteiger partial charge in [-0.2, -0.15) is 0 Å². The molecule has 98 valence electrons. The van der Waals surface area contributed by atoms with E-state index in [-0.39, 0.29) is 16.7 Å². The monoisotopic (exact) mass is 250 g/mol. The number of nitro groups is 1. The normalized spacial score (nSPS) is 19.7. The highest BCUT2D eigenvalue weighted by molar-refractivity contribution is 5.44. The van der Waals surface area contributed by atoms with Gasteiger partial charge in [0.2, 0.25) is 0 Å². The molecule has 5 nitrogen and oxygen atoms in total. The Hall–Kier alpha value is -1.46. The third-order valence-electron chi connectivity index (χ3n) is 3.34. The standard InChI is InChI=1S/C13H18N2O3/c1-10-11(4-2-6-13(10)15(16)17)9-18-12-5-3-7-14-8-12/h2,4,6,12,14H,3,5,7-9H2,1H3/t12-/m0/s1. The van der Waals surface area contributed by atoms with Crippen molar-refractivity contribution in [3.05, 3.63) is 39.4 Å². The maximum absolute atomic E-state index is 10.8. The van der Waals surface area contributed by atoms with E-state index in [4.69, 9.17) is 4.74 Å². The molecule has 1 aromatic rings. The average molecular weight is 250 g/mol. The lowest BCUT2D eigenvalue weighted by Gasteiger charge is -2.23. The summed E-state index contributed by atoms with van der Waals surface area (Å²) in [5.41, 5.74) is 1.76. The third kappa shape index (κ3) is 3.05. The van der Waals surface area contributed by atoms with Crippen LogP contribution in [0.4, 0.5) is 5.69 Å². The van der Waals surface area contributed by atoms with Crippen molar-refractivity contribution in [2.75, 3.05) is 13.1 Å². The first-order valence-corrected chi connectivity index (χ1v) is 6.23. The van der Waals surface area contributed by atoms with E-state index in [9.17, 15) is 10.1 Å². The van der Waals surface area contributed by atoms with Crippen LogP contribution in [0.1, 0.15) is 24.0 Å². The molecule has 1 saturated heterocycles. The van der Waals surface area contributed by atoms with Crippen molar-refractivity contribution in [1.82, 2.24) is 5.32 Å². The van der Waals surface area contributed by atoms with Gasteiger partial charge in [0.25, 0.3) is 5.69 Å². The van der Waals surface area contributed by atoms with Gasteiger partial charge in [0.05, 0.1) is 17.6 Å².